The van der Waals surface area contributed by atoms with Gasteiger partial charge in [0, 0.05) is 6.07 Å². The molecule has 3 N–H and O–H groups in total. The number of rotatable bonds is 4. The Kier molecular flexibility index (Phi) is 5.16. The number of nitrogens with one attached hydrogen (secondary N) is 1. The average Bonchev–Trinajstić information content (AvgIpc) is 2.51. The fraction of sp³-hybridized carbons (Fsp3) is 0.278. The van der Waals surface area contributed by atoms with Gasteiger partial charge in [-0.3, -0.25) is 4.79 Å². The summed E-state index contributed by atoms with van der Waals surface area (Å²) in [4.78, 5) is 12.6. The normalized spacial score (nSPS) is 11.9. The van der Waals surface area contributed by atoms with Crippen LogP contribution >= 0.6 is 11.6 Å². The largest absolute Gasteiger partial charge is 0.496 e. The second-order valence-corrected chi connectivity index (χ2v) is 5.97. The van der Waals surface area contributed by atoms with Crippen molar-refractivity contribution in [2.45, 2.75) is 26.8 Å². The van der Waals surface area contributed by atoms with Crippen LogP contribution in [-0.2, 0) is 0 Å². The number of hydrogen-bond donors (Lipinski definition) is 2. The van der Waals surface area contributed by atoms with Crippen molar-refractivity contribution in [2.75, 3.05) is 12.8 Å². The summed E-state index contributed by atoms with van der Waals surface area (Å²) in [5.41, 5.74) is 9.94. The van der Waals surface area contributed by atoms with E-state index in [1.165, 1.54) is 24.3 Å². The maximum absolute atomic E-state index is 12.6. The lowest BCUT2D eigenvalue weighted by atomic mass is 9.98. The summed E-state index contributed by atoms with van der Waals surface area (Å²) in [6, 6.07) is 9.00. The first kappa shape index (κ1) is 17.2. The number of amides is 1. The fourth-order valence-corrected chi connectivity index (χ4v) is 2.67. The molecule has 2 rings (SSSR count). The molecule has 0 aromatic heterocycles. The van der Waals surface area contributed by atoms with Gasteiger partial charge in [0.25, 0.3) is 5.91 Å². The number of anilines is 1. The number of ether oxygens (including phenoxy) is 1. The number of aryl methyl sites for hydroxylation is 1. The van der Waals surface area contributed by atoms with Crippen molar-refractivity contribution in [1.82, 2.24) is 5.32 Å². The highest BCUT2D eigenvalue weighted by molar-refractivity contribution is 6.33. The van der Waals surface area contributed by atoms with Crippen LogP contribution in [0, 0.1) is 13.8 Å². The molecule has 1 atom stereocenters. The molecule has 0 saturated carbocycles. The molecule has 0 saturated heterocycles. The minimum atomic E-state index is -0.253. The molecule has 2 aromatic carbocycles. The maximum atomic E-state index is 12.6. The van der Waals surface area contributed by atoms with Crippen LogP contribution in [-0.4, -0.2) is 13.0 Å². The summed E-state index contributed by atoms with van der Waals surface area (Å²) in [5.74, 6) is 0.148. The SMILES string of the molecule is COc1cc(N)c(Cl)cc1C(=O)NC(C)c1cccc(C)c1C. The van der Waals surface area contributed by atoms with Gasteiger partial charge in [0.2, 0.25) is 0 Å². The molecule has 0 spiro atoms. The van der Waals surface area contributed by atoms with Gasteiger partial charge in [0.05, 0.1) is 29.4 Å². The minimum Gasteiger partial charge on any atom is -0.496 e. The Labute approximate surface area is 141 Å². The molecule has 0 bridgehead atoms. The molecule has 0 aliphatic rings. The third kappa shape index (κ3) is 3.59. The second kappa shape index (κ2) is 6.92. The molecule has 122 valence electrons. The van der Waals surface area contributed by atoms with E-state index in [0.29, 0.717) is 22.0 Å². The fourth-order valence-electron chi connectivity index (χ4n) is 2.51. The van der Waals surface area contributed by atoms with Gasteiger partial charge in [-0.05, 0) is 43.5 Å². The van der Waals surface area contributed by atoms with E-state index in [-0.39, 0.29) is 11.9 Å². The quantitative estimate of drug-likeness (QED) is 0.830. The molecule has 4 nitrogen and oxygen atoms in total. The van der Waals surface area contributed by atoms with Gasteiger partial charge >= 0.3 is 0 Å². The molecule has 0 fully saturated rings. The zero-order chi connectivity index (χ0) is 17.1. The van der Waals surface area contributed by atoms with Gasteiger partial charge in [0.15, 0.2) is 0 Å². The van der Waals surface area contributed by atoms with E-state index >= 15 is 0 Å². The van der Waals surface area contributed by atoms with Crippen LogP contribution in [0.15, 0.2) is 30.3 Å². The van der Waals surface area contributed by atoms with Gasteiger partial charge in [-0.2, -0.15) is 0 Å². The topological polar surface area (TPSA) is 64.3 Å². The third-order valence-corrected chi connectivity index (χ3v) is 4.35. The predicted molar refractivity (Wildman–Crippen MR) is 94.2 cm³/mol. The number of nitrogens with two attached hydrogens (primary N) is 1. The molecule has 1 unspecified atom stereocenters. The van der Waals surface area contributed by atoms with Crippen LogP contribution in [0.3, 0.4) is 0 Å². The number of carbonyl (C=O) groups is 1. The van der Waals surface area contributed by atoms with Crippen LogP contribution in [0.5, 0.6) is 5.75 Å². The lowest BCUT2D eigenvalue weighted by Crippen LogP contribution is -2.27. The van der Waals surface area contributed by atoms with E-state index < -0.39 is 0 Å². The van der Waals surface area contributed by atoms with Gasteiger partial charge < -0.3 is 15.8 Å². The van der Waals surface area contributed by atoms with Crippen LogP contribution in [0.1, 0.15) is 40.0 Å². The first-order valence-electron chi connectivity index (χ1n) is 7.35. The van der Waals surface area contributed by atoms with Gasteiger partial charge in [-0.1, -0.05) is 29.8 Å². The van der Waals surface area contributed by atoms with Crippen molar-refractivity contribution < 1.29 is 9.53 Å². The summed E-state index contributed by atoms with van der Waals surface area (Å²) >= 11 is 6.03. The first-order valence-corrected chi connectivity index (χ1v) is 7.73. The van der Waals surface area contributed by atoms with Gasteiger partial charge in [-0.15, -0.1) is 0 Å². The van der Waals surface area contributed by atoms with E-state index in [2.05, 4.69) is 18.3 Å². The summed E-state index contributed by atoms with van der Waals surface area (Å²) in [6.07, 6.45) is 0. The van der Waals surface area contributed by atoms with Crippen molar-refractivity contribution in [2.24, 2.45) is 0 Å². The Morgan fingerprint density at radius 3 is 2.65 bits per heavy atom. The van der Waals surface area contributed by atoms with Gasteiger partial charge in [-0.25, -0.2) is 0 Å². The lowest BCUT2D eigenvalue weighted by molar-refractivity contribution is 0.0937. The number of methoxy groups -OCH3 is 1. The highest BCUT2D eigenvalue weighted by atomic mass is 35.5. The van der Waals surface area contributed by atoms with E-state index in [1.807, 2.05) is 26.0 Å². The monoisotopic (exact) mass is 332 g/mol. The molecule has 5 heteroatoms. The Bertz CT molecular complexity index is 744. The molecule has 0 radical (unpaired) electrons. The highest BCUT2D eigenvalue weighted by Crippen LogP contribution is 2.29. The molecule has 0 heterocycles. The third-order valence-electron chi connectivity index (χ3n) is 4.02. The van der Waals surface area contributed by atoms with E-state index in [4.69, 9.17) is 22.1 Å². The Morgan fingerprint density at radius 2 is 2.00 bits per heavy atom. The van der Waals surface area contributed by atoms with Crippen LogP contribution < -0.4 is 15.8 Å². The zero-order valence-electron chi connectivity index (χ0n) is 13.7. The van der Waals surface area contributed by atoms with Crippen LogP contribution in [0.25, 0.3) is 0 Å². The van der Waals surface area contributed by atoms with Gasteiger partial charge in [0.1, 0.15) is 5.75 Å². The number of benzene rings is 2. The van der Waals surface area contributed by atoms with E-state index in [0.717, 1.165) is 5.56 Å². The standard InChI is InChI=1S/C18H21ClN2O2/c1-10-6-5-7-13(11(10)2)12(3)21-18(22)14-8-15(19)16(20)9-17(14)23-4/h5-9,12H,20H2,1-4H3,(H,21,22). The van der Waals surface area contributed by atoms with Crippen LogP contribution in [0.2, 0.25) is 5.02 Å². The molecule has 0 aliphatic heterocycles. The van der Waals surface area contributed by atoms with E-state index in [1.54, 1.807) is 6.07 Å². The molecule has 2 aromatic rings. The van der Waals surface area contributed by atoms with Crippen molar-refractivity contribution in [3.63, 3.8) is 0 Å². The summed E-state index contributed by atoms with van der Waals surface area (Å²) in [5, 5.41) is 3.31. The first-order chi connectivity index (χ1) is 10.8. The van der Waals surface area contributed by atoms with Crippen molar-refractivity contribution in [1.29, 1.82) is 0 Å². The summed E-state index contributed by atoms with van der Waals surface area (Å²) < 4.78 is 5.23. The number of carbonyl (C=O) groups excluding carboxylic acids is 1. The summed E-state index contributed by atoms with van der Waals surface area (Å²) in [7, 11) is 1.49. The summed E-state index contributed by atoms with van der Waals surface area (Å²) in [6.45, 7) is 6.05. The molecule has 23 heavy (non-hydrogen) atoms. The van der Waals surface area contributed by atoms with E-state index in [9.17, 15) is 4.79 Å². The number of hydrogen-bond acceptors (Lipinski definition) is 3. The second-order valence-electron chi connectivity index (χ2n) is 5.56. The average molecular weight is 333 g/mol. The maximum Gasteiger partial charge on any atom is 0.255 e. The number of halogens is 1. The Morgan fingerprint density at radius 1 is 1.30 bits per heavy atom. The predicted octanol–water partition coefficient (Wildman–Crippen LogP) is 4.04. The van der Waals surface area contributed by atoms with Crippen LogP contribution in [0.4, 0.5) is 5.69 Å². The van der Waals surface area contributed by atoms with Crippen molar-refractivity contribution in [3.8, 4) is 5.75 Å². The van der Waals surface area contributed by atoms with Crippen molar-refractivity contribution in [3.05, 3.63) is 57.6 Å². The zero-order valence-corrected chi connectivity index (χ0v) is 14.5. The number of nitrogen functional groups attached to an aromatic ring is 1. The molecule has 0 aliphatic carbocycles. The smallest absolute Gasteiger partial charge is 0.255 e. The Balaban J connectivity index is 2.28. The van der Waals surface area contributed by atoms with Crippen molar-refractivity contribution >= 4 is 23.2 Å². The minimum absolute atomic E-state index is 0.136. The molecular weight excluding hydrogens is 312 g/mol. The molecular formula is C18H21ClN2O2. The highest BCUT2D eigenvalue weighted by Gasteiger charge is 2.18. The Hall–Kier alpha value is -2.20. The molecule has 1 amide bonds. The lowest BCUT2D eigenvalue weighted by Gasteiger charge is -2.19.